The van der Waals surface area contributed by atoms with Crippen LogP contribution in [0.3, 0.4) is 0 Å². The van der Waals surface area contributed by atoms with Crippen molar-refractivity contribution in [3.8, 4) is 5.69 Å². The molecule has 0 amide bonds. The van der Waals surface area contributed by atoms with Gasteiger partial charge in [0.1, 0.15) is 11.7 Å². The van der Waals surface area contributed by atoms with Gasteiger partial charge in [0.15, 0.2) is 10.8 Å². The summed E-state index contributed by atoms with van der Waals surface area (Å²) in [7, 11) is 3.83. The summed E-state index contributed by atoms with van der Waals surface area (Å²) in [5.41, 5.74) is 2.67. The minimum absolute atomic E-state index is 0.339. The molecule has 27 heavy (non-hydrogen) atoms. The number of benzene rings is 1. The molecule has 8 heteroatoms. The second kappa shape index (κ2) is 6.88. The summed E-state index contributed by atoms with van der Waals surface area (Å²) in [6.07, 6.45) is 9.00. The van der Waals surface area contributed by atoms with Crippen LogP contribution in [0.25, 0.3) is 33.7 Å². The van der Waals surface area contributed by atoms with E-state index in [-0.39, 0.29) is 5.56 Å². The fraction of sp³-hybridized carbons (Fsp3) is 0.158. The van der Waals surface area contributed by atoms with Gasteiger partial charge >= 0.3 is 0 Å². The molecule has 4 aromatic rings. The van der Waals surface area contributed by atoms with Crippen LogP contribution < -0.4 is 5.56 Å². The highest BCUT2D eigenvalue weighted by molar-refractivity contribution is 7.98. The molecule has 3 aromatic heterocycles. The van der Waals surface area contributed by atoms with Crippen molar-refractivity contribution in [3.05, 3.63) is 59.0 Å². The second-order valence-corrected chi connectivity index (χ2v) is 6.98. The van der Waals surface area contributed by atoms with E-state index in [0.717, 1.165) is 16.6 Å². The number of aromatic nitrogens is 5. The van der Waals surface area contributed by atoms with Gasteiger partial charge in [-0.25, -0.2) is 9.97 Å². The smallest absolute Gasteiger partial charge is 0.284 e. The number of aromatic amines is 1. The number of rotatable bonds is 4. The lowest BCUT2D eigenvalue weighted by Crippen LogP contribution is -2.15. The van der Waals surface area contributed by atoms with Crippen molar-refractivity contribution < 1.29 is 0 Å². The predicted octanol–water partition coefficient (Wildman–Crippen LogP) is 2.91. The monoisotopic (exact) mass is 378 g/mol. The van der Waals surface area contributed by atoms with Crippen LogP contribution in [-0.2, 0) is 0 Å². The molecule has 4 rings (SSSR count). The zero-order valence-corrected chi connectivity index (χ0v) is 16.0. The van der Waals surface area contributed by atoms with Crippen molar-refractivity contribution in [3.63, 3.8) is 0 Å². The van der Waals surface area contributed by atoms with Gasteiger partial charge in [-0.15, -0.1) is 0 Å². The van der Waals surface area contributed by atoms with Gasteiger partial charge < -0.3 is 9.88 Å². The minimum Gasteiger partial charge on any atom is -0.383 e. The number of hydrogen-bond donors (Lipinski definition) is 1. The maximum Gasteiger partial charge on any atom is 0.284 e. The van der Waals surface area contributed by atoms with Gasteiger partial charge in [0.2, 0.25) is 0 Å². The van der Waals surface area contributed by atoms with E-state index in [2.05, 4.69) is 19.9 Å². The number of H-pyrrole nitrogens is 1. The Bertz CT molecular complexity index is 1220. The van der Waals surface area contributed by atoms with Crippen LogP contribution in [0.15, 0.2) is 52.9 Å². The van der Waals surface area contributed by atoms with E-state index >= 15 is 0 Å². The maximum absolute atomic E-state index is 12.6. The Labute approximate surface area is 159 Å². The SMILES string of the molecule is CSc1nc(/C=C/N(C)C)c2c(=O)ncn(-c3cccc4[nH]ccc34)c2n1. The summed E-state index contributed by atoms with van der Waals surface area (Å²) in [5.74, 6) is 0. The van der Waals surface area contributed by atoms with E-state index < -0.39 is 0 Å². The van der Waals surface area contributed by atoms with E-state index in [0.29, 0.717) is 21.9 Å². The van der Waals surface area contributed by atoms with Gasteiger partial charge in [-0.3, -0.25) is 9.36 Å². The van der Waals surface area contributed by atoms with Gasteiger partial charge in [-0.05, 0) is 30.5 Å². The zero-order valence-electron chi connectivity index (χ0n) is 15.2. The molecule has 7 nitrogen and oxygen atoms in total. The molecule has 3 heterocycles. The summed E-state index contributed by atoms with van der Waals surface area (Å²) >= 11 is 1.44. The van der Waals surface area contributed by atoms with Gasteiger partial charge in [-0.1, -0.05) is 17.8 Å². The fourth-order valence-corrected chi connectivity index (χ4v) is 3.31. The third-order valence-corrected chi connectivity index (χ3v) is 4.72. The minimum atomic E-state index is -0.339. The van der Waals surface area contributed by atoms with Gasteiger partial charge in [0.05, 0.1) is 11.4 Å². The van der Waals surface area contributed by atoms with Crippen LogP contribution in [0, 0.1) is 0 Å². The second-order valence-electron chi connectivity index (χ2n) is 6.21. The Morgan fingerprint density at radius 1 is 1.22 bits per heavy atom. The topological polar surface area (TPSA) is 79.7 Å². The standard InChI is InChI=1S/C19H18N6OS/c1-24(2)10-8-14-16-17(23-19(22-14)27-3)25(11-21-18(16)26)15-6-4-5-13-12(15)7-9-20-13/h4-11,20H,1-3H3/b10-8+. The molecule has 136 valence electrons. The lowest BCUT2D eigenvalue weighted by Gasteiger charge is -2.12. The molecule has 0 aliphatic carbocycles. The molecule has 0 radical (unpaired) electrons. The molecule has 1 N–H and O–H groups in total. The van der Waals surface area contributed by atoms with E-state index in [9.17, 15) is 4.79 Å². The van der Waals surface area contributed by atoms with E-state index in [4.69, 9.17) is 0 Å². The normalized spacial score (nSPS) is 11.7. The third kappa shape index (κ3) is 3.08. The van der Waals surface area contributed by atoms with Crippen molar-refractivity contribution in [2.75, 3.05) is 20.4 Å². The van der Waals surface area contributed by atoms with Crippen molar-refractivity contribution in [1.82, 2.24) is 29.4 Å². The molecule has 0 saturated carbocycles. The predicted molar refractivity (Wildman–Crippen MR) is 109 cm³/mol. The molecule has 0 unspecified atom stereocenters. The number of thioether (sulfide) groups is 1. The summed E-state index contributed by atoms with van der Waals surface area (Å²) in [6, 6.07) is 7.95. The molecular weight excluding hydrogens is 360 g/mol. The third-order valence-electron chi connectivity index (χ3n) is 4.17. The Balaban J connectivity index is 2.09. The molecule has 0 spiro atoms. The Kier molecular flexibility index (Phi) is 4.41. The molecule has 1 aromatic carbocycles. The first-order valence-electron chi connectivity index (χ1n) is 8.33. The highest BCUT2D eigenvalue weighted by atomic mass is 32.2. The first-order chi connectivity index (χ1) is 13.1. The summed E-state index contributed by atoms with van der Waals surface area (Å²) in [6.45, 7) is 0. The highest BCUT2D eigenvalue weighted by Crippen LogP contribution is 2.25. The molecular formula is C19H18N6OS. The van der Waals surface area contributed by atoms with Crippen LogP contribution in [0.2, 0.25) is 0 Å². The maximum atomic E-state index is 12.6. The Morgan fingerprint density at radius 3 is 2.85 bits per heavy atom. The molecule has 0 fully saturated rings. The molecule has 0 bridgehead atoms. The van der Waals surface area contributed by atoms with Crippen molar-refractivity contribution in [1.29, 1.82) is 0 Å². The molecule has 0 atom stereocenters. The van der Waals surface area contributed by atoms with E-state index in [1.165, 1.54) is 18.1 Å². The van der Waals surface area contributed by atoms with E-state index in [1.54, 1.807) is 0 Å². The fourth-order valence-electron chi connectivity index (χ4n) is 2.94. The van der Waals surface area contributed by atoms with Crippen molar-refractivity contribution in [2.45, 2.75) is 5.16 Å². The lowest BCUT2D eigenvalue weighted by atomic mass is 10.2. The Hall–Kier alpha value is -3.13. The van der Waals surface area contributed by atoms with Gasteiger partial charge in [0, 0.05) is 37.4 Å². The first kappa shape index (κ1) is 17.3. The molecule has 0 aliphatic rings. The number of fused-ring (bicyclic) bond motifs is 2. The summed E-state index contributed by atoms with van der Waals surface area (Å²) in [4.78, 5) is 30.9. The van der Waals surface area contributed by atoms with Crippen LogP contribution in [0.4, 0.5) is 0 Å². The van der Waals surface area contributed by atoms with E-state index in [1.807, 2.05) is 72.6 Å². The summed E-state index contributed by atoms with van der Waals surface area (Å²) < 4.78 is 1.85. The van der Waals surface area contributed by atoms with Crippen molar-refractivity contribution in [2.24, 2.45) is 0 Å². The van der Waals surface area contributed by atoms with Gasteiger partial charge in [-0.2, -0.15) is 4.98 Å². The van der Waals surface area contributed by atoms with Crippen LogP contribution in [-0.4, -0.2) is 49.8 Å². The van der Waals surface area contributed by atoms with Gasteiger partial charge in [0.25, 0.3) is 5.56 Å². The first-order valence-corrected chi connectivity index (χ1v) is 9.55. The highest BCUT2D eigenvalue weighted by Gasteiger charge is 2.15. The Morgan fingerprint density at radius 2 is 2.07 bits per heavy atom. The average Bonchev–Trinajstić information content (AvgIpc) is 3.15. The number of hydrogen-bond acceptors (Lipinski definition) is 6. The van der Waals surface area contributed by atoms with Crippen molar-refractivity contribution >= 4 is 39.8 Å². The lowest BCUT2D eigenvalue weighted by molar-refractivity contribution is 0.567. The molecule has 0 saturated heterocycles. The average molecular weight is 378 g/mol. The molecule has 0 aliphatic heterocycles. The quantitative estimate of drug-likeness (QED) is 0.434. The number of nitrogens with zero attached hydrogens (tertiary/aromatic N) is 5. The van der Waals surface area contributed by atoms with Crippen LogP contribution in [0.1, 0.15) is 5.69 Å². The largest absolute Gasteiger partial charge is 0.383 e. The summed E-state index contributed by atoms with van der Waals surface area (Å²) in [5, 5.41) is 2.03. The van der Waals surface area contributed by atoms with Crippen LogP contribution in [0.5, 0.6) is 0 Å². The zero-order chi connectivity index (χ0) is 19.0. The van der Waals surface area contributed by atoms with Crippen LogP contribution >= 0.6 is 11.8 Å². The number of nitrogens with one attached hydrogen (secondary N) is 1.